The molecule has 0 unspecified atom stereocenters. The number of carbonyl (C=O) groups excluding carboxylic acids is 1. The van der Waals surface area contributed by atoms with Crippen molar-refractivity contribution in [3.8, 4) is 5.75 Å². The fourth-order valence-electron chi connectivity index (χ4n) is 2.91. The van der Waals surface area contributed by atoms with Crippen molar-refractivity contribution in [1.29, 1.82) is 0 Å². The summed E-state index contributed by atoms with van der Waals surface area (Å²) in [4.78, 5) is 12.9. The average Bonchev–Trinajstić information content (AvgIpc) is 2.75. The number of nitrogens with one attached hydrogen (secondary N) is 2. The predicted octanol–water partition coefficient (Wildman–Crippen LogP) is 4.64. The predicted molar refractivity (Wildman–Crippen MR) is 125 cm³/mol. The van der Waals surface area contributed by atoms with E-state index in [4.69, 9.17) is 16.3 Å². The number of hydrogen-bond acceptors (Lipinski definition) is 4. The first-order valence-electron chi connectivity index (χ1n) is 9.25. The third kappa shape index (κ3) is 6.30. The SMILES string of the molecule is COc1ccc(Cl)cc1S(=O)(=O)N[C@@H](Cc1ccccc1)C(=O)Nc1ccc(Br)cc1. The second kappa shape index (κ2) is 10.3. The number of benzene rings is 3. The molecular formula is C22H20BrClN2O4S. The van der Waals surface area contributed by atoms with Crippen molar-refractivity contribution in [1.82, 2.24) is 4.72 Å². The Bertz CT molecular complexity index is 1160. The van der Waals surface area contributed by atoms with Gasteiger partial charge in [-0.25, -0.2) is 8.42 Å². The number of sulfonamides is 1. The molecule has 1 atom stereocenters. The van der Waals surface area contributed by atoms with Crippen molar-refractivity contribution in [2.45, 2.75) is 17.4 Å². The topological polar surface area (TPSA) is 84.5 Å². The molecule has 3 aromatic carbocycles. The Kier molecular flexibility index (Phi) is 7.72. The smallest absolute Gasteiger partial charge is 0.245 e. The van der Waals surface area contributed by atoms with Gasteiger partial charge in [-0.15, -0.1) is 0 Å². The maximum Gasteiger partial charge on any atom is 0.245 e. The molecule has 0 saturated heterocycles. The monoisotopic (exact) mass is 522 g/mol. The number of amides is 1. The van der Waals surface area contributed by atoms with E-state index >= 15 is 0 Å². The molecule has 6 nitrogen and oxygen atoms in total. The maximum absolute atomic E-state index is 13.1. The highest BCUT2D eigenvalue weighted by molar-refractivity contribution is 9.10. The third-order valence-corrected chi connectivity index (χ3v) is 6.68. The van der Waals surface area contributed by atoms with E-state index < -0.39 is 22.0 Å². The van der Waals surface area contributed by atoms with Crippen LogP contribution >= 0.6 is 27.5 Å². The van der Waals surface area contributed by atoms with Crippen LogP contribution in [0.5, 0.6) is 5.75 Å². The van der Waals surface area contributed by atoms with Gasteiger partial charge >= 0.3 is 0 Å². The summed E-state index contributed by atoms with van der Waals surface area (Å²) < 4.78 is 34.8. The molecule has 1 amide bonds. The Labute approximate surface area is 194 Å². The Morgan fingerprint density at radius 3 is 2.39 bits per heavy atom. The van der Waals surface area contributed by atoms with E-state index in [1.165, 1.54) is 25.3 Å². The van der Waals surface area contributed by atoms with Gasteiger partial charge in [-0.3, -0.25) is 4.79 Å². The van der Waals surface area contributed by atoms with Crippen molar-refractivity contribution in [2.75, 3.05) is 12.4 Å². The number of anilines is 1. The van der Waals surface area contributed by atoms with Gasteiger partial charge in [0.2, 0.25) is 15.9 Å². The Morgan fingerprint density at radius 1 is 1.06 bits per heavy atom. The summed E-state index contributed by atoms with van der Waals surface area (Å²) in [6, 6.07) is 19.4. The number of methoxy groups -OCH3 is 1. The standard InChI is InChI=1S/C22H20BrClN2O4S/c1-30-20-12-9-17(24)14-21(20)31(28,29)26-19(13-15-5-3-2-4-6-15)22(27)25-18-10-7-16(23)8-11-18/h2-12,14,19,26H,13H2,1H3,(H,25,27)/t19-/m0/s1. The summed E-state index contributed by atoms with van der Waals surface area (Å²) in [6.45, 7) is 0. The van der Waals surface area contributed by atoms with Crippen molar-refractivity contribution in [3.63, 3.8) is 0 Å². The molecular weight excluding hydrogens is 504 g/mol. The summed E-state index contributed by atoms with van der Waals surface area (Å²) in [5, 5.41) is 3.00. The summed E-state index contributed by atoms with van der Waals surface area (Å²) in [5.41, 5.74) is 1.35. The molecule has 0 aliphatic rings. The number of carbonyl (C=O) groups is 1. The highest BCUT2D eigenvalue weighted by Gasteiger charge is 2.28. The van der Waals surface area contributed by atoms with Crippen LogP contribution in [0.2, 0.25) is 5.02 Å². The minimum absolute atomic E-state index is 0.128. The summed E-state index contributed by atoms with van der Waals surface area (Å²) in [6.07, 6.45) is 0.158. The fraction of sp³-hybridized carbons (Fsp3) is 0.136. The third-order valence-electron chi connectivity index (χ3n) is 4.42. The minimum atomic E-state index is -4.12. The Balaban J connectivity index is 1.91. The van der Waals surface area contributed by atoms with Crippen LogP contribution < -0.4 is 14.8 Å². The van der Waals surface area contributed by atoms with Gasteiger partial charge in [0.1, 0.15) is 16.7 Å². The van der Waals surface area contributed by atoms with Gasteiger partial charge in [-0.2, -0.15) is 4.72 Å². The first-order valence-corrected chi connectivity index (χ1v) is 11.9. The summed E-state index contributed by atoms with van der Waals surface area (Å²) in [7, 11) is -2.75. The first-order chi connectivity index (χ1) is 14.8. The van der Waals surface area contributed by atoms with Crippen LogP contribution in [0.15, 0.2) is 82.2 Å². The van der Waals surface area contributed by atoms with E-state index in [9.17, 15) is 13.2 Å². The molecule has 0 aromatic heterocycles. The average molecular weight is 524 g/mol. The highest BCUT2D eigenvalue weighted by atomic mass is 79.9. The number of rotatable bonds is 8. The van der Waals surface area contributed by atoms with E-state index in [0.717, 1.165) is 10.0 Å². The molecule has 31 heavy (non-hydrogen) atoms. The lowest BCUT2D eigenvalue weighted by Gasteiger charge is -2.20. The van der Waals surface area contributed by atoms with Crippen LogP contribution in [-0.2, 0) is 21.2 Å². The van der Waals surface area contributed by atoms with Crippen molar-refractivity contribution < 1.29 is 17.9 Å². The Hall–Kier alpha value is -2.39. The van der Waals surface area contributed by atoms with Crippen LogP contribution in [0.3, 0.4) is 0 Å². The second-order valence-corrected chi connectivity index (χ2v) is 9.69. The zero-order valence-corrected chi connectivity index (χ0v) is 19.7. The molecule has 0 heterocycles. The molecule has 3 rings (SSSR count). The van der Waals surface area contributed by atoms with E-state index in [1.807, 2.05) is 30.3 Å². The molecule has 0 radical (unpaired) electrons. The van der Waals surface area contributed by atoms with E-state index in [0.29, 0.717) is 5.69 Å². The van der Waals surface area contributed by atoms with Gasteiger partial charge in [0.05, 0.1) is 7.11 Å². The van der Waals surface area contributed by atoms with Crippen LogP contribution in [0.25, 0.3) is 0 Å². The molecule has 0 aliphatic carbocycles. The number of hydrogen-bond donors (Lipinski definition) is 2. The zero-order valence-electron chi connectivity index (χ0n) is 16.5. The molecule has 0 saturated carbocycles. The van der Waals surface area contributed by atoms with Crippen molar-refractivity contribution in [2.24, 2.45) is 0 Å². The molecule has 3 aromatic rings. The van der Waals surface area contributed by atoms with Gasteiger partial charge in [0.15, 0.2) is 0 Å². The lowest BCUT2D eigenvalue weighted by molar-refractivity contribution is -0.117. The zero-order chi connectivity index (χ0) is 22.4. The lowest BCUT2D eigenvalue weighted by atomic mass is 10.1. The maximum atomic E-state index is 13.1. The minimum Gasteiger partial charge on any atom is -0.495 e. The van der Waals surface area contributed by atoms with Crippen LogP contribution in [0, 0.1) is 0 Å². The van der Waals surface area contributed by atoms with Crippen molar-refractivity contribution >= 4 is 49.1 Å². The largest absolute Gasteiger partial charge is 0.495 e. The molecule has 0 spiro atoms. The first kappa shape index (κ1) is 23.3. The Morgan fingerprint density at radius 2 is 1.74 bits per heavy atom. The van der Waals surface area contributed by atoms with Gasteiger partial charge in [0.25, 0.3) is 0 Å². The van der Waals surface area contributed by atoms with Crippen molar-refractivity contribution in [3.05, 3.63) is 87.9 Å². The normalized spacial score (nSPS) is 12.2. The molecule has 162 valence electrons. The molecule has 2 N–H and O–H groups in total. The molecule has 0 bridgehead atoms. The molecule has 0 fully saturated rings. The number of ether oxygens (including phenoxy) is 1. The van der Waals surface area contributed by atoms with Gasteiger partial charge in [0, 0.05) is 15.2 Å². The quantitative estimate of drug-likeness (QED) is 0.451. The van der Waals surface area contributed by atoms with E-state index in [2.05, 4.69) is 26.0 Å². The highest BCUT2D eigenvalue weighted by Crippen LogP contribution is 2.27. The van der Waals surface area contributed by atoms with Crippen LogP contribution in [0.1, 0.15) is 5.56 Å². The summed E-state index contributed by atoms with van der Waals surface area (Å²) in [5.74, 6) is -0.362. The van der Waals surface area contributed by atoms with E-state index in [1.54, 1.807) is 24.3 Å². The molecule has 9 heteroatoms. The number of halogens is 2. The second-order valence-electron chi connectivity index (χ2n) is 6.65. The van der Waals surface area contributed by atoms with Gasteiger partial charge in [-0.05, 0) is 54.4 Å². The summed E-state index contributed by atoms with van der Waals surface area (Å²) >= 11 is 9.34. The molecule has 0 aliphatic heterocycles. The van der Waals surface area contributed by atoms with Gasteiger partial charge < -0.3 is 10.1 Å². The van der Waals surface area contributed by atoms with Crippen LogP contribution in [-0.4, -0.2) is 27.5 Å². The van der Waals surface area contributed by atoms with E-state index in [-0.39, 0.29) is 22.1 Å². The fourth-order valence-corrected chi connectivity index (χ4v) is 4.80. The van der Waals surface area contributed by atoms with Gasteiger partial charge in [-0.1, -0.05) is 57.9 Å². The van der Waals surface area contributed by atoms with Crippen LogP contribution in [0.4, 0.5) is 5.69 Å². The lowest BCUT2D eigenvalue weighted by Crippen LogP contribution is -2.45.